The zero-order chi connectivity index (χ0) is 12.1. The Kier molecular flexibility index (Phi) is 4.66. The number of ether oxygens (including phenoxy) is 1. The molecule has 94 valence electrons. The van der Waals surface area contributed by atoms with Crippen molar-refractivity contribution in [3.8, 4) is 5.75 Å². The minimum Gasteiger partial charge on any atom is -0.486 e. The van der Waals surface area contributed by atoms with Gasteiger partial charge in [-0.3, -0.25) is 0 Å². The van der Waals surface area contributed by atoms with E-state index in [-0.39, 0.29) is 0 Å². The summed E-state index contributed by atoms with van der Waals surface area (Å²) in [6, 6.07) is 5.93. The van der Waals surface area contributed by atoms with Crippen molar-refractivity contribution < 1.29 is 15.0 Å². The van der Waals surface area contributed by atoms with Gasteiger partial charge in [-0.25, -0.2) is 0 Å². The smallest absolute Gasteiger partial charge is 0.138 e. The van der Waals surface area contributed by atoms with Gasteiger partial charge in [0.2, 0.25) is 0 Å². The number of benzene rings is 1. The lowest BCUT2D eigenvalue weighted by Crippen LogP contribution is -3.20. The Morgan fingerprint density at radius 1 is 1.35 bits per heavy atom. The first-order valence-electron chi connectivity index (χ1n) is 6.30. The van der Waals surface area contributed by atoms with Gasteiger partial charge in [-0.05, 0) is 24.6 Å². The molecule has 1 aliphatic rings. The number of quaternary nitrogens is 2. The van der Waals surface area contributed by atoms with Crippen LogP contribution in [0.5, 0.6) is 5.75 Å². The van der Waals surface area contributed by atoms with Crippen LogP contribution in [-0.2, 0) is 0 Å². The van der Waals surface area contributed by atoms with Gasteiger partial charge in [0.15, 0.2) is 0 Å². The molecule has 1 aliphatic heterocycles. The summed E-state index contributed by atoms with van der Waals surface area (Å²) >= 11 is 6.11. The Hall–Kier alpha value is -0.770. The van der Waals surface area contributed by atoms with Crippen LogP contribution >= 0.6 is 11.6 Å². The van der Waals surface area contributed by atoms with Gasteiger partial charge < -0.3 is 15.0 Å². The molecule has 0 spiro atoms. The van der Waals surface area contributed by atoms with E-state index in [2.05, 4.69) is 5.32 Å². The van der Waals surface area contributed by atoms with Crippen LogP contribution in [0, 0.1) is 6.92 Å². The molecule has 1 fully saturated rings. The molecule has 1 aromatic carbocycles. The van der Waals surface area contributed by atoms with Crippen LogP contribution in [0.3, 0.4) is 0 Å². The molecule has 1 aromatic rings. The van der Waals surface area contributed by atoms with Gasteiger partial charge in [-0.2, -0.15) is 0 Å². The van der Waals surface area contributed by atoms with Crippen LogP contribution in [0.15, 0.2) is 18.2 Å². The predicted octanol–water partition coefficient (Wildman–Crippen LogP) is -0.511. The fourth-order valence-corrected chi connectivity index (χ4v) is 2.45. The Labute approximate surface area is 108 Å². The second-order valence-electron chi connectivity index (χ2n) is 4.65. The molecule has 0 radical (unpaired) electrons. The predicted molar refractivity (Wildman–Crippen MR) is 68.9 cm³/mol. The van der Waals surface area contributed by atoms with E-state index >= 15 is 0 Å². The number of hydrogen-bond acceptors (Lipinski definition) is 1. The summed E-state index contributed by atoms with van der Waals surface area (Å²) in [6.45, 7) is 8.80. The van der Waals surface area contributed by atoms with Crippen LogP contribution in [0.4, 0.5) is 0 Å². The Balaban J connectivity index is 1.77. The van der Waals surface area contributed by atoms with Crippen molar-refractivity contribution in [3.63, 3.8) is 0 Å². The molecule has 0 saturated carbocycles. The highest BCUT2D eigenvalue weighted by Crippen LogP contribution is 2.24. The molecule has 2 rings (SSSR count). The summed E-state index contributed by atoms with van der Waals surface area (Å²) in [6.07, 6.45) is 0. The molecule has 4 heteroatoms. The zero-order valence-corrected chi connectivity index (χ0v) is 11.1. The average molecular weight is 257 g/mol. The molecule has 0 aromatic heterocycles. The Morgan fingerprint density at radius 2 is 2.12 bits per heavy atom. The minimum atomic E-state index is 0.715. The molecular formula is C13H21ClN2O+2. The van der Waals surface area contributed by atoms with Gasteiger partial charge in [-0.1, -0.05) is 17.7 Å². The first kappa shape index (κ1) is 12.7. The summed E-state index contributed by atoms with van der Waals surface area (Å²) in [5, 5.41) is 3.09. The van der Waals surface area contributed by atoms with E-state index in [0.29, 0.717) is 5.02 Å². The normalized spacial score (nSPS) is 17.1. The summed E-state index contributed by atoms with van der Waals surface area (Å²) in [5.41, 5.74) is 1.17. The quantitative estimate of drug-likeness (QED) is 0.747. The molecule has 0 atom stereocenters. The molecule has 0 aliphatic carbocycles. The van der Waals surface area contributed by atoms with Crippen molar-refractivity contribution in [2.75, 3.05) is 39.3 Å². The molecule has 3 nitrogen and oxygen atoms in total. The van der Waals surface area contributed by atoms with Crippen molar-refractivity contribution in [2.24, 2.45) is 0 Å². The van der Waals surface area contributed by atoms with E-state index in [4.69, 9.17) is 16.3 Å². The summed E-state index contributed by atoms with van der Waals surface area (Å²) in [4.78, 5) is 1.63. The second-order valence-corrected chi connectivity index (χ2v) is 5.06. The van der Waals surface area contributed by atoms with Crippen LogP contribution < -0.4 is 15.0 Å². The number of aryl methyl sites for hydroxylation is 1. The van der Waals surface area contributed by atoms with E-state index in [1.54, 1.807) is 4.90 Å². The third kappa shape index (κ3) is 3.87. The number of hydrogen-bond donors (Lipinski definition) is 2. The lowest BCUT2D eigenvalue weighted by atomic mass is 10.2. The number of rotatable bonds is 4. The molecule has 1 heterocycles. The van der Waals surface area contributed by atoms with Gasteiger partial charge in [0, 0.05) is 0 Å². The van der Waals surface area contributed by atoms with Gasteiger partial charge in [0.1, 0.15) is 45.1 Å². The molecule has 17 heavy (non-hydrogen) atoms. The van der Waals surface area contributed by atoms with Gasteiger partial charge in [0.05, 0.1) is 5.02 Å². The van der Waals surface area contributed by atoms with Crippen LogP contribution in [0.25, 0.3) is 0 Å². The van der Waals surface area contributed by atoms with Crippen molar-refractivity contribution in [3.05, 3.63) is 28.8 Å². The second kappa shape index (κ2) is 6.24. The molecule has 0 amide bonds. The van der Waals surface area contributed by atoms with Crippen molar-refractivity contribution in [1.82, 2.24) is 0 Å². The first-order valence-corrected chi connectivity index (χ1v) is 6.67. The zero-order valence-electron chi connectivity index (χ0n) is 10.3. The van der Waals surface area contributed by atoms with E-state index in [1.807, 2.05) is 25.1 Å². The summed E-state index contributed by atoms with van der Waals surface area (Å²) in [5.74, 6) is 0.806. The number of nitrogens with one attached hydrogen (secondary N) is 1. The van der Waals surface area contributed by atoms with Crippen LogP contribution in [0.1, 0.15) is 5.56 Å². The third-order valence-corrected chi connectivity index (χ3v) is 3.50. The fraction of sp³-hybridized carbons (Fsp3) is 0.538. The van der Waals surface area contributed by atoms with Gasteiger partial charge >= 0.3 is 0 Å². The Bertz CT molecular complexity index is 364. The maximum Gasteiger partial charge on any atom is 0.138 e. The van der Waals surface area contributed by atoms with E-state index in [1.165, 1.54) is 31.7 Å². The van der Waals surface area contributed by atoms with Crippen molar-refractivity contribution >= 4 is 11.6 Å². The molecule has 0 unspecified atom stereocenters. The molecule has 0 bridgehead atoms. The monoisotopic (exact) mass is 256 g/mol. The standard InChI is InChI=1S/C13H19ClN2O/c1-11-2-3-13(12(14)10-11)17-9-8-16-6-4-15-5-7-16/h2-3,10,15H,4-9H2,1H3/p+2. The summed E-state index contributed by atoms with van der Waals surface area (Å²) in [7, 11) is 0. The fourth-order valence-electron chi connectivity index (χ4n) is 2.16. The number of nitrogens with two attached hydrogens (primary N) is 1. The topological polar surface area (TPSA) is 30.3 Å². The number of halogens is 1. The minimum absolute atomic E-state index is 0.715. The SMILES string of the molecule is Cc1ccc(OCC[NH+]2CC[NH2+]CC2)c(Cl)c1. The van der Waals surface area contributed by atoms with Crippen molar-refractivity contribution in [1.29, 1.82) is 0 Å². The van der Waals surface area contributed by atoms with Crippen LogP contribution in [-0.4, -0.2) is 39.3 Å². The maximum absolute atomic E-state index is 6.11. The third-order valence-electron chi connectivity index (χ3n) is 3.20. The van der Waals surface area contributed by atoms with Gasteiger partial charge in [0.25, 0.3) is 0 Å². The first-order chi connectivity index (χ1) is 8.25. The Morgan fingerprint density at radius 3 is 2.82 bits per heavy atom. The van der Waals surface area contributed by atoms with E-state index in [9.17, 15) is 0 Å². The average Bonchev–Trinajstić information content (AvgIpc) is 2.33. The van der Waals surface area contributed by atoms with Gasteiger partial charge in [-0.15, -0.1) is 0 Å². The lowest BCUT2D eigenvalue weighted by Gasteiger charge is -2.22. The van der Waals surface area contributed by atoms with E-state index < -0.39 is 0 Å². The van der Waals surface area contributed by atoms with Crippen molar-refractivity contribution in [2.45, 2.75) is 6.92 Å². The maximum atomic E-state index is 6.11. The van der Waals surface area contributed by atoms with E-state index in [0.717, 1.165) is 18.9 Å². The largest absolute Gasteiger partial charge is 0.486 e. The lowest BCUT2D eigenvalue weighted by molar-refractivity contribution is -0.946. The highest BCUT2D eigenvalue weighted by Gasteiger charge is 2.15. The molecular weight excluding hydrogens is 236 g/mol. The molecule has 1 saturated heterocycles. The highest BCUT2D eigenvalue weighted by molar-refractivity contribution is 6.32. The highest BCUT2D eigenvalue weighted by atomic mass is 35.5. The summed E-state index contributed by atoms with van der Waals surface area (Å²) < 4.78 is 5.73. The number of piperazine rings is 1. The molecule has 3 N–H and O–H groups in total. The van der Waals surface area contributed by atoms with Crippen LogP contribution in [0.2, 0.25) is 5.02 Å².